The molecule has 1 fully saturated rings. The van der Waals surface area contributed by atoms with Crippen molar-refractivity contribution in [2.24, 2.45) is 0 Å². The summed E-state index contributed by atoms with van der Waals surface area (Å²) in [7, 11) is 1.58. The third-order valence-electron chi connectivity index (χ3n) is 5.83. The Morgan fingerprint density at radius 3 is 2.50 bits per heavy atom. The Kier molecular flexibility index (Phi) is 5.90. The highest BCUT2D eigenvalue weighted by Gasteiger charge is 2.44. The number of furan rings is 1. The number of carbonyl (C=O) groups is 2. The number of rotatable bonds is 7. The van der Waals surface area contributed by atoms with Crippen LogP contribution in [0.3, 0.4) is 0 Å². The molecule has 2 aliphatic heterocycles. The minimum Gasteiger partial charge on any atom is -0.503 e. The van der Waals surface area contributed by atoms with Crippen LogP contribution in [0.1, 0.15) is 41.4 Å². The van der Waals surface area contributed by atoms with E-state index in [1.807, 2.05) is 12.1 Å². The lowest BCUT2D eigenvalue weighted by atomic mass is 9.95. The maximum atomic E-state index is 13.1. The maximum absolute atomic E-state index is 13.1. The zero-order chi connectivity index (χ0) is 21.1. The molecule has 0 saturated carbocycles. The van der Waals surface area contributed by atoms with E-state index in [0.29, 0.717) is 18.8 Å². The summed E-state index contributed by atoms with van der Waals surface area (Å²) in [4.78, 5) is 30.0. The first kappa shape index (κ1) is 20.2. The average molecular weight is 410 g/mol. The SMILES string of the molecule is COc1ccc(C2C(C(=O)c3ccco3)=C(O)C(=O)N2CCN2CCCCC2)cc1. The van der Waals surface area contributed by atoms with E-state index in [9.17, 15) is 14.7 Å². The number of aliphatic hydroxyl groups excluding tert-OH is 1. The Morgan fingerprint density at radius 1 is 1.13 bits per heavy atom. The van der Waals surface area contributed by atoms with Crippen molar-refractivity contribution < 1.29 is 23.8 Å². The van der Waals surface area contributed by atoms with Crippen LogP contribution in [0.15, 0.2) is 58.4 Å². The molecule has 2 aliphatic rings. The van der Waals surface area contributed by atoms with E-state index >= 15 is 0 Å². The largest absolute Gasteiger partial charge is 0.503 e. The van der Waals surface area contributed by atoms with Crippen LogP contribution < -0.4 is 4.74 Å². The molecule has 1 unspecified atom stereocenters. The minimum atomic E-state index is -0.675. The van der Waals surface area contributed by atoms with E-state index < -0.39 is 23.5 Å². The summed E-state index contributed by atoms with van der Waals surface area (Å²) in [5, 5.41) is 10.7. The molecule has 7 heteroatoms. The molecule has 0 radical (unpaired) electrons. The first-order valence-corrected chi connectivity index (χ1v) is 10.3. The van der Waals surface area contributed by atoms with Crippen LogP contribution >= 0.6 is 0 Å². The summed E-state index contributed by atoms with van der Waals surface area (Å²) < 4.78 is 10.5. The number of hydrogen-bond donors (Lipinski definition) is 1. The second-order valence-corrected chi connectivity index (χ2v) is 7.65. The van der Waals surface area contributed by atoms with Gasteiger partial charge in [-0.05, 0) is 55.8 Å². The van der Waals surface area contributed by atoms with E-state index in [-0.39, 0.29) is 11.3 Å². The van der Waals surface area contributed by atoms with Gasteiger partial charge >= 0.3 is 0 Å². The Hall–Kier alpha value is -3.06. The van der Waals surface area contributed by atoms with Gasteiger partial charge in [0.25, 0.3) is 5.91 Å². The number of hydrogen-bond acceptors (Lipinski definition) is 6. The van der Waals surface area contributed by atoms with Crippen LogP contribution in [0.5, 0.6) is 5.75 Å². The number of aliphatic hydroxyl groups is 1. The molecule has 0 bridgehead atoms. The molecule has 1 amide bonds. The quantitative estimate of drug-likeness (QED) is 0.705. The highest BCUT2D eigenvalue weighted by Crippen LogP contribution is 2.39. The number of ether oxygens (including phenoxy) is 1. The summed E-state index contributed by atoms with van der Waals surface area (Å²) in [6.07, 6.45) is 4.94. The Labute approximate surface area is 175 Å². The molecule has 0 aliphatic carbocycles. The predicted molar refractivity (Wildman–Crippen MR) is 110 cm³/mol. The summed E-state index contributed by atoms with van der Waals surface area (Å²) >= 11 is 0. The normalized spacial score (nSPS) is 20.1. The number of piperidine rings is 1. The molecule has 3 heterocycles. The number of benzene rings is 1. The van der Waals surface area contributed by atoms with Gasteiger partial charge < -0.3 is 24.1 Å². The summed E-state index contributed by atoms with van der Waals surface area (Å²) in [5.41, 5.74) is 0.792. The Morgan fingerprint density at radius 2 is 1.87 bits per heavy atom. The fourth-order valence-corrected chi connectivity index (χ4v) is 4.22. The molecule has 7 nitrogen and oxygen atoms in total. The topological polar surface area (TPSA) is 83.2 Å². The Balaban J connectivity index is 1.66. The van der Waals surface area contributed by atoms with Crippen LogP contribution in [0.4, 0.5) is 0 Å². The van der Waals surface area contributed by atoms with Gasteiger partial charge in [0.2, 0.25) is 5.78 Å². The number of nitrogens with zero attached hydrogens (tertiary/aromatic N) is 2. The smallest absolute Gasteiger partial charge is 0.290 e. The van der Waals surface area contributed by atoms with E-state index in [1.165, 1.54) is 18.8 Å². The zero-order valence-electron chi connectivity index (χ0n) is 17.0. The highest BCUT2D eigenvalue weighted by molar-refractivity contribution is 6.15. The van der Waals surface area contributed by atoms with E-state index in [1.54, 1.807) is 30.2 Å². The number of amides is 1. The van der Waals surface area contributed by atoms with Crippen molar-refractivity contribution in [2.75, 3.05) is 33.3 Å². The molecule has 1 aromatic heterocycles. The van der Waals surface area contributed by atoms with Crippen molar-refractivity contribution in [3.63, 3.8) is 0 Å². The summed E-state index contributed by atoms with van der Waals surface area (Å²) in [6, 6.07) is 9.68. The zero-order valence-corrected chi connectivity index (χ0v) is 17.0. The lowest BCUT2D eigenvalue weighted by Gasteiger charge is -2.31. The third kappa shape index (κ3) is 3.85. The molecule has 0 spiro atoms. The molecule has 1 saturated heterocycles. The molecule has 1 aromatic carbocycles. The molecule has 4 rings (SSSR count). The molecule has 1 N–H and O–H groups in total. The van der Waals surface area contributed by atoms with Gasteiger partial charge in [-0.15, -0.1) is 0 Å². The molecule has 158 valence electrons. The number of carbonyl (C=O) groups excluding carboxylic acids is 2. The van der Waals surface area contributed by atoms with Crippen molar-refractivity contribution in [3.05, 3.63) is 65.3 Å². The lowest BCUT2D eigenvalue weighted by Crippen LogP contribution is -2.40. The van der Waals surface area contributed by atoms with Crippen LogP contribution in [-0.2, 0) is 4.79 Å². The summed E-state index contributed by atoms with van der Waals surface area (Å²) in [6.45, 7) is 3.14. The molecular weight excluding hydrogens is 384 g/mol. The van der Waals surface area contributed by atoms with Crippen molar-refractivity contribution in [1.82, 2.24) is 9.80 Å². The first-order chi connectivity index (χ1) is 14.6. The average Bonchev–Trinajstić information content (AvgIpc) is 3.41. The van der Waals surface area contributed by atoms with Crippen LogP contribution in [0.25, 0.3) is 0 Å². The van der Waals surface area contributed by atoms with Crippen molar-refractivity contribution in [2.45, 2.75) is 25.3 Å². The molecule has 1 atom stereocenters. The van der Waals surface area contributed by atoms with Gasteiger partial charge in [-0.3, -0.25) is 9.59 Å². The number of likely N-dealkylation sites (tertiary alicyclic amines) is 1. The van der Waals surface area contributed by atoms with Gasteiger partial charge in [-0.2, -0.15) is 0 Å². The lowest BCUT2D eigenvalue weighted by molar-refractivity contribution is -0.129. The maximum Gasteiger partial charge on any atom is 0.290 e. The molecule has 30 heavy (non-hydrogen) atoms. The van der Waals surface area contributed by atoms with E-state index in [0.717, 1.165) is 31.5 Å². The van der Waals surface area contributed by atoms with Crippen LogP contribution in [0, 0.1) is 0 Å². The van der Waals surface area contributed by atoms with Crippen molar-refractivity contribution in [1.29, 1.82) is 0 Å². The number of Topliss-reactive ketones (excluding diaryl/α,β-unsaturated/α-hetero) is 1. The van der Waals surface area contributed by atoms with E-state index in [4.69, 9.17) is 9.15 Å². The second-order valence-electron chi connectivity index (χ2n) is 7.65. The third-order valence-corrected chi connectivity index (χ3v) is 5.83. The number of methoxy groups -OCH3 is 1. The second kappa shape index (κ2) is 8.75. The summed E-state index contributed by atoms with van der Waals surface area (Å²) in [5.74, 6) is -0.735. The number of ketones is 1. The van der Waals surface area contributed by atoms with Gasteiger partial charge in [-0.25, -0.2) is 0 Å². The standard InChI is InChI=1S/C23H26N2O5/c1-29-17-9-7-16(8-10-17)20-19(21(26)18-6-5-15-30-18)22(27)23(28)25(20)14-13-24-11-3-2-4-12-24/h5-10,15,20,27H,2-4,11-14H2,1H3. The predicted octanol–water partition coefficient (Wildman–Crippen LogP) is 3.35. The highest BCUT2D eigenvalue weighted by atomic mass is 16.5. The van der Waals surface area contributed by atoms with Crippen molar-refractivity contribution >= 4 is 11.7 Å². The monoisotopic (exact) mass is 410 g/mol. The van der Waals surface area contributed by atoms with Crippen molar-refractivity contribution in [3.8, 4) is 5.75 Å². The van der Waals surface area contributed by atoms with Gasteiger partial charge in [0.15, 0.2) is 11.5 Å². The molecular formula is C23H26N2O5. The van der Waals surface area contributed by atoms with Gasteiger partial charge in [-0.1, -0.05) is 18.6 Å². The van der Waals surface area contributed by atoms with Crippen LogP contribution in [0.2, 0.25) is 0 Å². The van der Waals surface area contributed by atoms with Crippen LogP contribution in [-0.4, -0.2) is 59.9 Å². The van der Waals surface area contributed by atoms with Gasteiger partial charge in [0.05, 0.1) is 25.0 Å². The van der Waals surface area contributed by atoms with Gasteiger partial charge in [0, 0.05) is 13.1 Å². The molecule has 2 aromatic rings. The first-order valence-electron chi connectivity index (χ1n) is 10.3. The fraction of sp³-hybridized carbons (Fsp3) is 0.391. The fourth-order valence-electron chi connectivity index (χ4n) is 4.22. The minimum absolute atomic E-state index is 0.0544. The Bertz CT molecular complexity index is 927. The van der Waals surface area contributed by atoms with E-state index in [2.05, 4.69) is 4.90 Å². The van der Waals surface area contributed by atoms with Gasteiger partial charge in [0.1, 0.15) is 5.75 Å².